The van der Waals surface area contributed by atoms with Crippen molar-refractivity contribution in [2.75, 3.05) is 24.1 Å². The number of carbonyl (C=O) groups excluding carboxylic acids is 1. The Labute approximate surface area is 232 Å². The summed E-state index contributed by atoms with van der Waals surface area (Å²) in [5.74, 6) is 7.90. The van der Waals surface area contributed by atoms with Crippen molar-refractivity contribution in [3.8, 4) is 0 Å². The summed E-state index contributed by atoms with van der Waals surface area (Å²) >= 11 is 0. The Morgan fingerprint density at radius 2 is 1.82 bits per heavy atom. The van der Waals surface area contributed by atoms with E-state index in [4.69, 9.17) is 4.79 Å². The minimum atomic E-state index is -1.20. The number of anilines is 1. The van der Waals surface area contributed by atoms with Crippen LogP contribution >= 0.6 is 9.39 Å². The van der Waals surface area contributed by atoms with Crippen molar-refractivity contribution in [3.05, 3.63) is 58.9 Å². The first-order chi connectivity index (χ1) is 18.1. The van der Waals surface area contributed by atoms with Gasteiger partial charge in [-0.15, -0.1) is 9.39 Å². The van der Waals surface area contributed by atoms with Gasteiger partial charge in [0.25, 0.3) is 0 Å². The highest BCUT2D eigenvalue weighted by Crippen LogP contribution is 2.30. The third kappa shape index (κ3) is 10.8. The Kier molecular flexibility index (Phi) is 13.3. The second kappa shape index (κ2) is 15.9. The predicted molar refractivity (Wildman–Crippen MR) is 170 cm³/mol. The Bertz CT molecular complexity index is 1080. The van der Waals surface area contributed by atoms with Gasteiger partial charge < -0.3 is 15.8 Å². The van der Waals surface area contributed by atoms with Gasteiger partial charge in [0.2, 0.25) is 6.41 Å². The second-order valence-electron chi connectivity index (χ2n) is 10.9. The van der Waals surface area contributed by atoms with Crippen LogP contribution in [-0.4, -0.2) is 59.5 Å². The summed E-state index contributed by atoms with van der Waals surface area (Å²) in [6.45, 7) is 11.1. The van der Waals surface area contributed by atoms with E-state index in [1.54, 1.807) is 0 Å². The van der Waals surface area contributed by atoms with Crippen molar-refractivity contribution < 1.29 is 4.79 Å². The van der Waals surface area contributed by atoms with Crippen LogP contribution in [0.15, 0.2) is 36.5 Å². The molecule has 2 aromatic rings. The quantitative estimate of drug-likeness (QED) is 0.326. The van der Waals surface area contributed by atoms with Crippen molar-refractivity contribution in [2.45, 2.75) is 90.8 Å². The standard InChI is InChI=1S/C20H32N2.C10H16N2S.CH3NO/c1-3-18-6-4-5-15-22(18)19-11-12-20(21-14-13-19)17-9-7-16(2)8-10-17;1-8-6-10(7-11-9(8)2)12-13(3,4)5;2-1-3/h7-10,18-21H,3-6,11-15H2,1-2H3;6-7,12H,3-4H2,1-2,5H3;1H,(H2,2,3). The number of hydrogen-bond donors (Lipinski definition) is 3. The molecule has 7 heteroatoms. The molecule has 0 radical (unpaired) electrons. The number of aryl methyl sites for hydroxylation is 3. The molecule has 2 fully saturated rings. The minimum Gasteiger partial charge on any atom is -0.372 e. The topological polar surface area (TPSA) is 83.3 Å². The number of primary amides is 1. The first kappa shape index (κ1) is 31.9. The van der Waals surface area contributed by atoms with Gasteiger partial charge in [0.05, 0.1) is 11.9 Å². The van der Waals surface area contributed by atoms with Crippen molar-refractivity contribution in [1.82, 2.24) is 15.2 Å². The molecule has 4 N–H and O–H groups in total. The molecule has 3 unspecified atom stereocenters. The second-order valence-corrected chi connectivity index (χ2v) is 13.6. The van der Waals surface area contributed by atoms with E-state index in [0.717, 1.165) is 30.0 Å². The van der Waals surface area contributed by atoms with Gasteiger partial charge in [-0.05, 0) is 95.8 Å². The third-order valence-electron chi connectivity index (χ3n) is 7.45. The van der Waals surface area contributed by atoms with E-state index in [1.807, 2.05) is 26.3 Å². The number of carbonyl (C=O) groups is 1. The highest BCUT2D eigenvalue weighted by Gasteiger charge is 2.29. The number of piperidine rings is 1. The van der Waals surface area contributed by atoms with E-state index in [-0.39, 0.29) is 6.41 Å². The molecule has 2 aliphatic heterocycles. The maximum Gasteiger partial charge on any atom is 0.204 e. The predicted octanol–water partition coefficient (Wildman–Crippen LogP) is 5.87. The van der Waals surface area contributed by atoms with Crippen LogP contribution in [0, 0.1) is 20.8 Å². The zero-order valence-corrected chi connectivity index (χ0v) is 25.2. The van der Waals surface area contributed by atoms with Crippen molar-refractivity contribution in [1.29, 1.82) is 0 Å². The van der Waals surface area contributed by atoms with Gasteiger partial charge in [-0.1, -0.05) is 54.9 Å². The van der Waals surface area contributed by atoms with Crippen LogP contribution in [0.3, 0.4) is 0 Å². The fraction of sp³-hybridized carbons (Fsp3) is 0.548. The van der Waals surface area contributed by atoms with Gasteiger partial charge in [-0.3, -0.25) is 14.7 Å². The fourth-order valence-corrected chi connectivity index (χ4v) is 6.05. The van der Waals surface area contributed by atoms with E-state index < -0.39 is 9.39 Å². The number of nitrogens with zero attached hydrogens (tertiary/aromatic N) is 2. The molecule has 4 rings (SSSR count). The van der Waals surface area contributed by atoms with Crippen molar-refractivity contribution in [3.63, 3.8) is 0 Å². The van der Waals surface area contributed by atoms with E-state index in [1.165, 1.54) is 68.2 Å². The monoisotopic (exact) mass is 541 g/mol. The van der Waals surface area contributed by atoms with Crippen molar-refractivity contribution >= 4 is 33.2 Å². The largest absolute Gasteiger partial charge is 0.372 e. The molecule has 1 aromatic heterocycles. The van der Waals surface area contributed by atoms with Crippen LogP contribution in [0.5, 0.6) is 0 Å². The molecular formula is C31H51N5OS. The maximum atomic E-state index is 8.58. The first-order valence-corrected chi connectivity index (χ1v) is 16.3. The molecule has 0 spiro atoms. The molecule has 3 atom stereocenters. The van der Waals surface area contributed by atoms with Crippen LogP contribution in [0.4, 0.5) is 5.69 Å². The Balaban J connectivity index is 0.000000270. The summed E-state index contributed by atoms with van der Waals surface area (Å²) in [4.78, 5) is 15.7. The van der Waals surface area contributed by atoms with E-state index in [9.17, 15) is 0 Å². The fourth-order valence-electron chi connectivity index (χ4n) is 5.37. The minimum absolute atomic E-state index is 0.250. The van der Waals surface area contributed by atoms with Gasteiger partial charge in [-0.2, -0.15) is 0 Å². The number of likely N-dealkylation sites (tertiary alicyclic amines) is 1. The molecule has 1 amide bonds. The zero-order valence-electron chi connectivity index (χ0n) is 24.3. The van der Waals surface area contributed by atoms with Crippen LogP contribution in [0.25, 0.3) is 0 Å². The molecule has 1 aromatic carbocycles. The average molecular weight is 542 g/mol. The lowest BCUT2D eigenvalue weighted by Gasteiger charge is -2.41. The first-order valence-electron chi connectivity index (χ1n) is 13.9. The van der Waals surface area contributed by atoms with E-state index in [0.29, 0.717) is 6.04 Å². The van der Waals surface area contributed by atoms with Gasteiger partial charge in [0.1, 0.15) is 0 Å². The van der Waals surface area contributed by atoms with Crippen molar-refractivity contribution in [2.24, 2.45) is 5.73 Å². The molecule has 0 saturated carbocycles. The van der Waals surface area contributed by atoms with Gasteiger partial charge in [-0.25, -0.2) is 0 Å². The zero-order chi connectivity index (χ0) is 28.1. The molecule has 0 bridgehead atoms. The molecule has 0 aliphatic carbocycles. The number of rotatable bonds is 5. The molecule has 6 nitrogen and oxygen atoms in total. The van der Waals surface area contributed by atoms with E-state index in [2.05, 4.69) is 81.6 Å². The lowest BCUT2D eigenvalue weighted by atomic mass is 9.94. The van der Waals surface area contributed by atoms with Gasteiger partial charge in [0, 0.05) is 23.8 Å². The third-order valence-corrected chi connectivity index (χ3v) is 8.18. The smallest absolute Gasteiger partial charge is 0.204 e. The molecule has 2 saturated heterocycles. The number of hydrogen-bond acceptors (Lipinski definition) is 5. The lowest BCUT2D eigenvalue weighted by Crippen LogP contribution is -2.46. The highest BCUT2D eigenvalue weighted by atomic mass is 32.2. The molecule has 3 heterocycles. The van der Waals surface area contributed by atoms with Crippen LogP contribution in [-0.2, 0) is 4.79 Å². The molecule has 212 valence electrons. The molecule has 2 aliphatic rings. The number of pyridine rings is 1. The normalized spacial score (nSPS) is 22.1. The summed E-state index contributed by atoms with van der Waals surface area (Å²) in [5.41, 5.74) is 10.3. The Morgan fingerprint density at radius 1 is 1.13 bits per heavy atom. The number of benzene rings is 1. The van der Waals surface area contributed by atoms with Crippen LogP contribution < -0.4 is 15.8 Å². The van der Waals surface area contributed by atoms with Gasteiger partial charge >= 0.3 is 0 Å². The number of amides is 1. The summed E-state index contributed by atoms with van der Waals surface area (Å²) in [6.07, 6.45) is 13.6. The molecular weight excluding hydrogens is 490 g/mol. The number of aromatic nitrogens is 1. The summed E-state index contributed by atoms with van der Waals surface area (Å²) < 4.78 is 3.25. The van der Waals surface area contributed by atoms with Crippen LogP contribution in [0.2, 0.25) is 0 Å². The lowest BCUT2D eigenvalue weighted by molar-refractivity contribution is -0.106. The summed E-state index contributed by atoms with van der Waals surface area (Å²) in [7, 11) is -1.20. The maximum absolute atomic E-state index is 8.58. The highest BCUT2D eigenvalue weighted by molar-refractivity contribution is 8.28. The van der Waals surface area contributed by atoms with Crippen LogP contribution in [0.1, 0.15) is 80.3 Å². The Hall–Kier alpha value is -2.35. The average Bonchev–Trinajstić information content (AvgIpc) is 3.13. The summed E-state index contributed by atoms with van der Waals surface area (Å²) in [5, 5.41) is 3.79. The van der Waals surface area contributed by atoms with E-state index >= 15 is 0 Å². The SMILES string of the molecule is C=S(=C)(C)Nc1cnc(C)c(C)c1.CCC1CCCCN1C1CCNC(c2ccc(C)cc2)CC1.NC=O. The van der Waals surface area contributed by atoms with Gasteiger partial charge in [0.15, 0.2) is 0 Å². The summed E-state index contributed by atoms with van der Waals surface area (Å²) in [6, 6.07) is 13.4. The number of nitrogens with two attached hydrogens (primary N) is 1. The number of nitrogens with one attached hydrogen (secondary N) is 2. The molecule has 38 heavy (non-hydrogen) atoms. The Morgan fingerprint density at radius 3 is 2.42 bits per heavy atom.